The molecular formula is C14H18N2O3. The van der Waals surface area contributed by atoms with Crippen molar-refractivity contribution < 1.29 is 14.3 Å². The van der Waals surface area contributed by atoms with E-state index in [9.17, 15) is 9.59 Å². The Labute approximate surface area is 112 Å². The van der Waals surface area contributed by atoms with Crippen molar-refractivity contribution in [2.45, 2.75) is 26.4 Å². The highest BCUT2D eigenvalue weighted by Gasteiger charge is 2.22. The van der Waals surface area contributed by atoms with Gasteiger partial charge in [-0.25, -0.2) is 0 Å². The first-order chi connectivity index (χ1) is 9.08. The van der Waals surface area contributed by atoms with Gasteiger partial charge in [-0.3, -0.25) is 14.9 Å². The van der Waals surface area contributed by atoms with E-state index in [2.05, 4.69) is 12.2 Å². The van der Waals surface area contributed by atoms with Gasteiger partial charge in [0.25, 0.3) is 0 Å². The molecule has 1 aliphatic heterocycles. The standard InChI is InChI=1S/C14H18N2O3/c1-3-10(2)19-12-6-4-5-11(7-12)16-8-13(17)15-14(18)9-16/h4-7,10H,3,8-9H2,1-2H3,(H,15,17,18). The minimum absolute atomic E-state index is 0.140. The first-order valence-electron chi connectivity index (χ1n) is 6.43. The Kier molecular flexibility index (Phi) is 4.04. The fraction of sp³-hybridized carbons (Fsp3) is 0.429. The van der Waals surface area contributed by atoms with Crippen molar-refractivity contribution in [1.82, 2.24) is 5.32 Å². The van der Waals surface area contributed by atoms with Crippen molar-refractivity contribution in [2.24, 2.45) is 0 Å². The molecule has 0 bridgehead atoms. The van der Waals surface area contributed by atoms with Gasteiger partial charge in [-0.2, -0.15) is 0 Å². The number of imide groups is 1. The van der Waals surface area contributed by atoms with Gasteiger partial charge >= 0.3 is 0 Å². The minimum atomic E-state index is -0.274. The average molecular weight is 262 g/mol. The predicted octanol–water partition coefficient (Wildman–Crippen LogP) is 1.33. The SMILES string of the molecule is CCC(C)Oc1cccc(N2CC(=O)NC(=O)C2)c1. The molecule has 1 fully saturated rings. The summed E-state index contributed by atoms with van der Waals surface area (Å²) in [4.78, 5) is 24.5. The van der Waals surface area contributed by atoms with Crippen molar-refractivity contribution >= 4 is 17.5 Å². The largest absolute Gasteiger partial charge is 0.491 e. The van der Waals surface area contributed by atoms with Crippen LogP contribution < -0.4 is 15.0 Å². The molecule has 2 amide bonds. The second kappa shape index (κ2) is 5.73. The Bertz CT molecular complexity index is 471. The van der Waals surface area contributed by atoms with Gasteiger partial charge in [-0.15, -0.1) is 0 Å². The molecule has 0 aromatic heterocycles. The first kappa shape index (κ1) is 13.4. The van der Waals surface area contributed by atoms with Crippen LogP contribution in [-0.2, 0) is 9.59 Å². The summed E-state index contributed by atoms with van der Waals surface area (Å²) < 4.78 is 5.74. The van der Waals surface area contributed by atoms with Crippen LogP contribution in [0.5, 0.6) is 5.75 Å². The number of amides is 2. The first-order valence-corrected chi connectivity index (χ1v) is 6.43. The van der Waals surface area contributed by atoms with E-state index in [-0.39, 0.29) is 31.0 Å². The molecule has 2 rings (SSSR count). The van der Waals surface area contributed by atoms with E-state index in [1.165, 1.54) is 0 Å². The number of nitrogens with zero attached hydrogens (tertiary/aromatic N) is 1. The Balaban J connectivity index is 2.13. The van der Waals surface area contributed by atoms with Crippen LogP contribution in [0.1, 0.15) is 20.3 Å². The summed E-state index contributed by atoms with van der Waals surface area (Å²) in [6.45, 7) is 4.45. The van der Waals surface area contributed by atoms with E-state index in [1.54, 1.807) is 4.90 Å². The summed E-state index contributed by atoms with van der Waals surface area (Å²) in [5.74, 6) is 0.208. The van der Waals surface area contributed by atoms with Gasteiger partial charge in [0, 0.05) is 11.8 Å². The summed E-state index contributed by atoms with van der Waals surface area (Å²) in [6, 6.07) is 7.47. The molecule has 1 N–H and O–H groups in total. The quantitative estimate of drug-likeness (QED) is 0.832. The second-order valence-corrected chi connectivity index (χ2v) is 4.66. The monoisotopic (exact) mass is 262 g/mol. The number of carbonyl (C=O) groups is 2. The molecule has 1 aromatic rings. The van der Waals surface area contributed by atoms with Crippen LogP contribution in [0, 0.1) is 0 Å². The highest BCUT2D eigenvalue weighted by atomic mass is 16.5. The Hall–Kier alpha value is -2.04. The fourth-order valence-corrected chi connectivity index (χ4v) is 1.89. The molecule has 19 heavy (non-hydrogen) atoms. The predicted molar refractivity (Wildman–Crippen MR) is 72.2 cm³/mol. The van der Waals surface area contributed by atoms with Crippen molar-refractivity contribution in [3.63, 3.8) is 0 Å². The summed E-state index contributed by atoms with van der Waals surface area (Å²) in [6.07, 6.45) is 1.07. The lowest BCUT2D eigenvalue weighted by molar-refractivity contribution is -0.130. The maximum atomic E-state index is 11.4. The number of rotatable bonds is 4. The van der Waals surface area contributed by atoms with Crippen molar-refractivity contribution in [1.29, 1.82) is 0 Å². The Morgan fingerprint density at radius 3 is 2.63 bits per heavy atom. The number of benzene rings is 1. The van der Waals surface area contributed by atoms with Crippen molar-refractivity contribution in [2.75, 3.05) is 18.0 Å². The number of ether oxygens (including phenoxy) is 1. The number of piperazine rings is 1. The molecule has 1 aromatic carbocycles. The smallest absolute Gasteiger partial charge is 0.246 e. The molecule has 0 radical (unpaired) electrons. The molecule has 0 aliphatic carbocycles. The lowest BCUT2D eigenvalue weighted by Crippen LogP contribution is -2.51. The van der Waals surface area contributed by atoms with E-state index in [0.29, 0.717) is 0 Å². The Morgan fingerprint density at radius 1 is 1.32 bits per heavy atom. The van der Waals surface area contributed by atoms with Crippen molar-refractivity contribution in [3.05, 3.63) is 24.3 Å². The van der Waals surface area contributed by atoms with E-state index in [1.807, 2.05) is 31.2 Å². The molecule has 102 valence electrons. The van der Waals surface area contributed by atoms with Crippen LogP contribution >= 0.6 is 0 Å². The third kappa shape index (κ3) is 3.47. The van der Waals surface area contributed by atoms with Gasteiger partial charge in [0.15, 0.2) is 0 Å². The highest BCUT2D eigenvalue weighted by molar-refractivity contribution is 6.02. The van der Waals surface area contributed by atoms with Crippen LogP contribution in [0.25, 0.3) is 0 Å². The number of carbonyl (C=O) groups excluding carboxylic acids is 2. The van der Waals surface area contributed by atoms with E-state index in [4.69, 9.17) is 4.74 Å². The zero-order chi connectivity index (χ0) is 13.8. The maximum Gasteiger partial charge on any atom is 0.246 e. The van der Waals surface area contributed by atoms with Crippen LogP contribution in [0.4, 0.5) is 5.69 Å². The molecule has 5 nitrogen and oxygen atoms in total. The van der Waals surface area contributed by atoms with Gasteiger partial charge < -0.3 is 9.64 Å². The van der Waals surface area contributed by atoms with Crippen LogP contribution in [0.2, 0.25) is 0 Å². The third-order valence-electron chi connectivity index (χ3n) is 3.04. The van der Waals surface area contributed by atoms with E-state index in [0.717, 1.165) is 17.9 Å². The van der Waals surface area contributed by atoms with Crippen LogP contribution in [0.15, 0.2) is 24.3 Å². The molecule has 0 saturated carbocycles. The number of hydrogen-bond acceptors (Lipinski definition) is 4. The lowest BCUT2D eigenvalue weighted by atomic mass is 10.2. The minimum Gasteiger partial charge on any atom is -0.491 e. The topological polar surface area (TPSA) is 58.6 Å². The fourth-order valence-electron chi connectivity index (χ4n) is 1.89. The van der Waals surface area contributed by atoms with E-state index >= 15 is 0 Å². The Morgan fingerprint density at radius 2 is 2.00 bits per heavy atom. The van der Waals surface area contributed by atoms with Crippen molar-refractivity contribution in [3.8, 4) is 5.75 Å². The summed E-state index contributed by atoms with van der Waals surface area (Å²) in [5.41, 5.74) is 0.823. The second-order valence-electron chi connectivity index (χ2n) is 4.66. The number of hydrogen-bond donors (Lipinski definition) is 1. The summed E-state index contributed by atoms with van der Waals surface area (Å²) in [5, 5.41) is 2.28. The lowest BCUT2D eigenvalue weighted by Gasteiger charge is -2.27. The third-order valence-corrected chi connectivity index (χ3v) is 3.04. The number of nitrogens with one attached hydrogen (secondary N) is 1. The molecule has 5 heteroatoms. The van der Waals surface area contributed by atoms with Crippen LogP contribution in [-0.4, -0.2) is 31.0 Å². The molecular weight excluding hydrogens is 244 g/mol. The zero-order valence-electron chi connectivity index (χ0n) is 11.2. The van der Waals surface area contributed by atoms with E-state index < -0.39 is 0 Å². The summed E-state index contributed by atoms with van der Waals surface area (Å²) >= 11 is 0. The van der Waals surface area contributed by atoms with Gasteiger partial charge in [0.05, 0.1) is 19.2 Å². The summed E-state index contributed by atoms with van der Waals surface area (Å²) in [7, 11) is 0. The highest BCUT2D eigenvalue weighted by Crippen LogP contribution is 2.23. The molecule has 1 saturated heterocycles. The van der Waals surface area contributed by atoms with Gasteiger partial charge in [0.2, 0.25) is 11.8 Å². The average Bonchev–Trinajstić information content (AvgIpc) is 2.38. The number of anilines is 1. The molecule has 1 atom stereocenters. The normalized spacial score (nSPS) is 17.1. The molecule has 1 heterocycles. The van der Waals surface area contributed by atoms with Crippen LogP contribution in [0.3, 0.4) is 0 Å². The van der Waals surface area contributed by atoms with Gasteiger partial charge in [-0.05, 0) is 25.5 Å². The van der Waals surface area contributed by atoms with Gasteiger partial charge in [-0.1, -0.05) is 13.0 Å². The molecule has 0 spiro atoms. The maximum absolute atomic E-state index is 11.4. The van der Waals surface area contributed by atoms with Gasteiger partial charge in [0.1, 0.15) is 5.75 Å². The molecule has 1 unspecified atom stereocenters. The zero-order valence-corrected chi connectivity index (χ0v) is 11.2. The molecule has 1 aliphatic rings.